The fourth-order valence-electron chi connectivity index (χ4n) is 4.07. The van der Waals surface area contributed by atoms with E-state index in [0.717, 1.165) is 35.9 Å². The fraction of sp³-hybridized carbons (Fsp3) is 0.357. The van der Waals surface area contributed by atoms with Gasteiger partial charge in [-0.25, -0.2) is 0 Å². The number of benzene rings is 2. The number of nitrogens with one attached hydrogen (secondary N) is 1. The highest BCUT2D eigenvalue weighted by molar-refractivity contribution is 6.07. The highest BCUT2D eigenvalue weighted by atomic mass is 16.5. The van der Waals surface area contributed by atoms with E-state index in [2.05, 4.69) is 23.7 Å². The largest absolute Gasteiger partial charge is 0.493 e. The third-order valence-electron chi connectivity index (χ3n) is 6.06. The Bertz CT molecular complexity index is 1240. The second-order valence-electron chi connectivity index (χ2n) is 8.39. The van der Waals surface area contributed by atoms with Crippen molar-refractivity contribution in [1.82, 2.24) is 14.8 Å². The molecule has 0 aliphatic rings. The van der Waals surface area contributed by atoms with Crippen molar-refractivity contribution in [2.24, 2.45) is 0 Å². The number of carbonyl (C=O) groups is 2. The number of methoxy groups -OCH3 is 3. The van der Waals surface area contributed by atoms with Crippen LogP contribution in [0.25, 0.3) is 17.0 Å². The summed E-state index contributed by atoms with van der Waals surface area (Å²) in [5, 5.41) is 3.84. The second kappa shape index (κ2) is 12.2. The van der Waals surface area contributed by atoms with Crippen molar-refractivity contribution < 1.29 is 23.8 Å². The third-order valence-corrected chi connectivity index (χ3v) is 6.06. The molecule has 8 nitrogen and oxygen atoms in total. The number of hydrogen-bond acceptors (Lipinski definition) is 5. The summed E-state index contributed by atoms with van der Waals surface area (Å²) < 4.78 is 18.2. The van der Waals surface area contributed by atoms with Crippen LogP contribution in [-0.4, -0.2) is 56.2 Å². The summed E-state index contributed by atoms with van der Waals surface area (Å²) in [4.78, 5) is 28.4. The minimum absolute atomic E-state index is 0.186. The Kier molecular flexibility index (Phi) is 9.00. The number of ether oxygens (including phenoxy) is 3. The molecule has 0 aliphatic carbocycles. The van der Waals surface area contributed by atoms with Crippen molar-refractivity contribution in [2.75, 3.05) is 34.9 Å². The molecule has 0 aliphatic heterocycles. The van der Waals surface area contributed by atoms with Gasteiger partial charge in [0.05, 0.1) is 21.3 Å². The van der Waals surface area contributed by atoms with Crippen LogP contribution in [0.1, 0.15) is 42.6 Å². The quantitative estimate of drug-likeness (QED) is 0.391. The van der Waals surface area contributed by atoms with Crippen LogP contribution < -0.4 is 19.5 Å². The standard InChI is InChI=1S/C28H35N3O5/c1-7-9-14-30(3)28(33)22(15-20-18-31(8-2)23-13-11-10-12-21(20)23)29-27(32)19-16-24(34-4)26(36-6)25(17-19)35-5/h10-13,15-18H,7-9,14H2,1-6H3,(H,29,32)/b22-15-. The molecule has 2 amide bonds. The molecule has 3 rings (SSSR count). The lowest BCUT2D eigenvalue weighted by atomic mass is 10.1. The van der Waals surface area contributed by atoms with E-state index < -0.39 is 5.91 Å². The Labute approximate surface area is 212 Å². The minimum Gasteiger partial charge on any atom is -0.493 e. The van der Waals surface area contributed by atoms with E-state index in [9.17, 15) is 9.59 Å². The van der Waals surface area contributed by atoms with Gasteiger partial charge in [-0.05, 0) is 37.6 Å². The first-order valence-electron chi connectivity index (χ1n) is 12.0. The number of para-hydroxylation sites is 1. The van der Waals surface area contributed by atoms with Gasteiger partial charge in [0.1, 0.15) is 5.70 Å². The number of carbonyl (C=O) groups excluding carboxylic acids is 2. The number of rotatable bonds is 11. The summed E-state index contributed by atoms with van der Waals surface area (Å²) >= 11 is 0. The lowest BCUT2D eigenvalue weighted by molar-refractivity contribution is -0.126. The zero-order chi connectivity index (χ0) is 26.2. The molecule has 0 spiro atoms. The molecule has 1 N–H and O–H groups in total. The van der Waals surface area contributed by atoms with E-state index in [1.807, 2.05) is 30.5 Å². The summed E-state index contributed by atoms with van der Waals surface area (Å²) in [5.41, 5.74) is 2.37. The van der Waals surface area contributed by atoms with Crippen molar-refractivity contribution in [2.45, 2.75) is 33.2 Å². The molecule has 1 aromatic heterocycles. The van der Waals surface area contributed by atoms with Gasteiger partial charge in [0.25, 0.3) is 11.8 Å². The summed E-state index contributed by atoms with van der Waals surface area (Å²) in [6.07, 6.45) is 5.56. The molecular weight excluding hydrogens is 458 g/mol. The fourth-order valence-corrected chi connectivity index (χ4v) is 4.07. The Hall–Kier alpha value is -3.94. The lowest BCUT2D eigenvalue weighted by Gasteiger charge is -2.20. The van der Waals surface area contributed by atoms with Crippen molar-refractivity contribution in [3.63, 3.8) is 0 Å². The minimum atomic E-state index is -0.461. The Morgan fingerprint density at radius 2 is 1.69 bits per heavy atom. The number of aromatic nitrogens is 1. The number of unbranched alkanes of at least 4 members (excludes halogenated alkanes) is 1. The first-order chi connectivity index (χ1) is 17.4. The molecule has 3 aromatic rings. The van der Waals surface area contributed by atoms with Gasteiger partial charge in [0.15, 0.2) is 11.5 Å². The number of likely N-dealkylation sites (N-methyl/N-ethyl adjacent to an activating group) is 1. The summed E-state index contributed by atoms with van der Waals surface area (Å²) in [7, 11) is 6.21. The Balaban J connectivity index is 2.06. The second-order valence-corrected chi connectivity index (χ2v) is 8.39. The number of hydrogen-bond donors (Lipinski definition) is 1. The zero-order valence-corrected chi connectivity index (χ0v) is 21.9. The van der Waals surface area contributed by atoms with Crippen LogP contribution in [0.5, 0.6) is 17.2 Å². The predicted octanol–water partition coefficient (Wildman–Crippen LogP) is 4.72. The van der Waals surface area contributed by atoms with Crippen molar-refractivity contribution in [3.8, 4) is 17.2 Å². The van der Waals surface area contributed by atoms with Gasteiger partial charge in [-0.1, -0.05) is 31.5 Å². The van der Waals surface area contributed by atoms with Crippen LogP contribution in [0.15, 0.2) is 48.3 Å². The average molecular weight is 494 g/mol. The van der Waals surface area contributed by atoms with Crippen molar-refractivity contribution in [1.29, 1.82) is 0 Å². The van der Waals surface area contributed by atoms with Gasteiger partial charge in [-0.3, -0.25) is 9.59 Å². The van der Waals surface area contributed by atoms with Gasteiger partial charge in [0, 0.05) is 48.4 Å². The normalized spacial score (nSPS) is 11.3. The predicted molar refractivity (Wildman–Crippen MR) is 142 cm³/mol. The third kappa shape index (κ3) is 5.64. The molecule has 0 bridgehead atoms. The Morgan fingerprint density at radius 1 is 1.03 bits per heavy atom. The molecule has 0 saturated carbocycles. The number of nitrogens with zero attached hydrogens (tertiary/aromatic N) is 2. The van der Waals surface area contributed by atoms with Crippen LogP contribution in [0.4, 0.5) is 0 Å². The molecule has 0 radical (unpaired) electrons. The molecule has 0 atom stereocenters. The smallest absolute Gasteiger partial charge is 0.270 e. The van der Waals surface area contributed by atoms with Crippen molar-refractivity contribution >= 4 is 28.8 Å². The maximum atomic E-state index is 13.4. The summed E-state index contributed by atoms with van der Waals surface area (Å²) in [6.45, 7) is 5.51. The maximum Gasteiger partial charge on any atom is 0.270 e. The van der Waals surface area contributed by atoms with Crippen LogP contribution in [0.3, 0.4) is 0 Å². The topological polar surface area (TPSA) is 82.0 Å². The van der Waals surface area contributed by atoms with Gasteiger partial charge in [-0.15, -0.1) is 0 Å². The number of fused-ring (bicyclic) bond motifs is 1. The molecule has 192 valence electrons. The average Bonchev–Trinajstić information content (AvgIpc) is 3.27. The zero-order valence-electron chi connectivity index (χ0n) is 21.9. The van der Waals surface area contributed by atoms with Gasteiger partial charge < -0.3 is 29.0 Å². The van der Waals surface area contributed by atoms with E-state index in [1.54, 1.807) is 30.2 Å². The van der Waals surface area contributed by atoms with Gasteiger partial charge in [-0.2, -0.15) is 0 Å². The highest BCUT2D eigenvalue weighted by Crippen LogP contribution is 2.38. The van der Waals surface area contributed by atoms with E-state index in [4.69, 9.17) is 14.2 Å². The first-order valence-corrected chi connectivity index (χ1v) is 12.0. The van der Waals surface area contributed by atoms with Crippen molar-refractivity contribution in [3.05, 3.63) is 59.4 Å². The molecule has 2 aromatic carbocycles. The molecule has 36 heavy (non-hydrogen) atoms. The van der Waals surface area contributed by atoms with Crippen LogP contribution in [-0.2, 0) is 11.3 Å². The number of amides is 2. The van der Waals surface area contributed by atoms with Crippen LogP contribution >= 0.6 is 0 Å². The van der Waals surface area contributed by atoms with E-state index in [-0.39, 0.29) is 17.2 Å². The molecule has 1 heterocycles. The van der Waals surface area contributed by atoms with E-state index >= 15 is 0 Å². The lowest BCUT2D eigenvalue weighted by Crippen LogP contribution is -2.36. The molecule has 0 fully saturated rings. The van der Waals surface area contributed by atoms with E-state index in [1.165, 1.54) is 21.3 Å². The molecule has 0 unspecified atom stereocenters. The monoisotopic (exact) mass is 493 g/mol. The van der Waals surface area contributed by atoms with Gasteiger partial charge >= 0.3 is 0 Å². The van der Waals surface area contributed by atoms with Gasteiger partial charge in [0.2, 0.25) is 5.75 Å². The number of aryl methyl sites for hydroxylation is 1. The maximum absolute atomic E-state index is 13.4. The summed E-state index contributed by atoms with van der Waals surface area (Å²) in [5.74, 6) is 0.361. The summed E-state index contributed by atoms with van der Waals surface area (Å²) in [6, 6.07) is 11.1. The molecule has 8 heteroatoms. The first kappa shape index (κ1) is 26.7. The molecular formula is C28H35N3O5. The van der Waals surface area contributed by atoms with Crippen LogP contribution in [0, 0.1) is 0 Å². The van der Waals surface area contributed by atoms with Crippen LogP contribution in [0.2, 0.25) is 0 Å². The SMILES string of the molecule is CCCCN(C)C(=O)/C(=C/c1cn(CC)c2ccccc12)NC(=O)c1cc(OC)c(OC)c(OC)c1. The molecule has 0 saturated heterocycles. The highest BCUT2D eigenvalue weighted by Gasteiger charge is 2.22. The van der Waals surface area contributed by atoms with E-state index in [0.29, 0.717) is 23.8 Å². The Morgan fingerprint density at radius 3 is 2.28 bits per heavy atom.